The minimum atomic E-state index is 0.186. The van der Waals surface area contributed by atoms with Crippen LogP contribution in [-0.4, -0.2) is 12.9 Å². The zero-order chi connectivity index (χ0) is 11.3. The predicted octanol–water partition coefficient (Wildman–Crippen LogP) is 3.96. The molecule has 0 aliphatic rings. The van der Waals surface area contributed by atoms with Gasteiger partial charge in [0.05, 0.1) is 5.03 Å². The third-order valence-corrected chi connectivity index (χ3v) is 2.91. The van der Waals surface area contributed by atoms with Crippen LogP contribution in [0.5, 0.6) is 5.75 Å². The first-order valence-corrected chi connectivity index (χ1v) is 5.60. The molecule has 0 aromatic heterocycles. The van der Waals surface area contributed by atoms with Crippen LogP contribution in [0.2, 0.25) is 0 Å². The first-order valence-electron chi connectivity index (χ1n) is 3.99. The van der Waals surface area contributed by atoms with E-state index >= 15 is 0 Å². The zero-order valence-corrected chi connectivity index (χ0v) is 10.6. The summed E-state index contributed by atoms with van der Waals surface area (Å²) in [5.41, 5.74) is 1.76. The van der Waals surface area contributed by atoms with E-state index in [0.717, 1.165) is 10.8 Å². The third kappa shape index (κ3) is 3.86. The summed E-state index contributed by atoms with van der Waals surface area (Å²) in [6, 6.07) is 5.09. The molecule has 0 aliphatic heterocycles. The quantitative estimate of drug-likeness (QED) is 0.787. The van der Waals surface area contributed by atoms with Crippen LogP contribution in [-0.2, 0) is 0 Å². The molecule has 0 aliphatic carbocycles. The third-order valence-electron chi connectivity index (χ3n) is 1.59. The van der Waals surface area contributed by atoms with Gasteiger partial charge in [-0.05, 0) is 18.2 Å². The van der Waals surface area contributed by atoms with Crippen LogP contribution in [0, 0.1) is 0 Å². The van der Waals surface area contributed by atoms with E-state index in [4.69, 9.17) is 27.9 Å². The second-order valence-electron chi connectivity index (χ2n) is 2.65. The maximum atomic E-state index is 10.6. The van der Waals surface area contributed by atoms with Gasteiger partial charge in [0.1, 0.15) is 12.4 Å². The SMILES string of the molecule is O=Cc1cc(OC/C(Cl)=C\Cl)ccc1Br. The number of ether oxygens (including phenoxy) is 1. The molecule has 0 fully saturated rings. The number of carbonyl (C=O) groups excluding carboxylic acids is 1. The molecule has 2 nitrogen and oxygen atoms in total. The molecule has 0 atom stereocenters. The van der Waals surface area contributed by atoms with E-state index < -0.39 is 0 Å². The van der Waals surface area contributed by atoms with Gasteiger partial charge in [0.2, 0.25) is 0 Å². The number of carbonyl (C=O) groups is 1. The van der Waals surface area contributed by atoms with Gasteiger partial charge >= 0.3 is 0 Å². The smallest absolute Gasteiger partial charge is 0.151 e. The van der Waals surface area contributed by atoms with Gasteiger partial charge in [0.25, 0.3) is 0 Å². The fourth-order valence-electron chi connectivity index (χ4n) is 0.886. The average molecular weight is 310 g/mol. The van der Waals surface area contributed by atoms with Crippen LogP contribution >= 0.6 is 39.1 Å². The van der Waals surface area contributed by atoms with Crippen LogP contribution in [0.15, 0.2) is 33.2 Å². The molecule has 1 rings (SSSR count). The second-order valence-corrected chi connectivity index (χ2v) is 4.20. The van der Waals surface area contributed by atoms with E-state index in [1.807, 2.05) is 0 Å². The Hall–Kier alpha value is -0.510. The standard InChI is InChI=1S/C10H7BrCl2O2/c11-10-2-1-9(3-7(10)5-14)15-6-8(13)4-12/h1-5H,6H2/b8-4+. The van der Waals surface area contributed by atoms with Crippen LogP contribution in [0.3, 0.4) is 0 Å². The maximum absolute atomic E-state index is 10.6. The minimum absolute atomic E-state index is 0.186. The lowest BCUT2D eigenvalue weighted by Crippen LogP contribution is -1.97. The van der Waals surface area contributed by atoms with Gasteiger partial charge in [0, 0.05) is 15.6 Å². The van der Waals surface area contributed by atoms with E-state index in [1.54, 1.807) is 18.2 Å². The van der Waals surface area contributed by atoms with Gasteiger partial charge in [-0.15, -0.1) is 0 Å². The Morgan fingerprint density at radius 3 is 2.87 bits per heavy atom. The van der Waals surface area contributed by atoms with Crippen molar-refractivity contribution in [1.82, 2.24) is 0 Å². The molecule has 0 N–H and O–H groups in total. The molecule has 0 amide bonds. The fraction of sp³-hybridized carbons (Fsp3) is 0.100. The molecule has 0 radical (unpaired) electrons. The lowest BCUT2D eigenvalue weighted by atomic mass is 10.2. The Labute approximate surface area is 106 Å². The monoisotopic (exact) mass is 308 g/mol. The summed E-state index contributed by atoms with van der Waals surface area (Å²) in [7, 11) is 0. The number of benzene rings is 1. The Bertz CT molecular complexity index is 391. The molecule has 1 aromatic rings. The van der Waals surface area contributed by atoms with Gasteiger partial charge in [-0.1, -0.05) is 39.1 Å². The predicted molar refractivity (Wildman–Crippen MR) is 64.8 cm³/mol. The summed E-state index contributed by atoms with van der Waals surface area (Å²) in [5.74, 6) is 0.567. The van der Waals surface area contributed by atoms with Crippen molar-refractivity contribution >= 4 is 45.4 Å². The second kappa shape index (κ2) is 6.16. The van der Waals surface area contributed by atoms with Gasteiger partial charge in [-0.2, -0.15) is 0 Å². The van der Waals surface area contributed by atoms with Crippen LogP contribution in [0.25, 0.3) is 0 Å². The molecule has 0 saturated carbocycles. The highest BCUT2D eigenvalue weighted by Gasteiger charge is 2.01. The van der Waals surface area contributed by atoms with Crippen molar-refractivity contribution in [1.29, 1.82) is 0 Å². The Morgan fingerprint density at radius 1 is 1.53 bits per heavy atom. The van der Waals surface area contributed by atoms with Crippen molar-refractivity contribution < 1.29 is 9.53 Å². The van der Waals surface area contributed by atoms with Crippen LogP contribution < -0.4 is 4.74 Å². The Morgan fingerprint density at radius 2 is 2.27 bits per heavy atom. The normalized spacial score (nSPS) is 11.3. The molecule has 0 saturated heterocycles. The molecule has 0 bridgehead atoms. The lowest BCUT2D eigenvalue weighted by Gasteiger charge is -2.06. The number of rotatable bonds is 4. The van der Waals surface area contributed by atoms with E-state index in [-0.39, 0.29) is 6.61 Å². The van der Waals surface area contributed by atoms with Gasteiger partial charge in [-0.25, -0.2) is 0 Å². The summed E-state index contributed by atoms with van der Waals surface area (Å²) in [6.45, 7) is 0.186. The largest absolute Gasteiger partial charge is 0.488 e. The highest BCUT2D eigenvalue weighted by molar-refractivity contribution is 9.10. The first kappa shape index (κ1) is 12.6. The molecule has 1 aromatic carbocycles. The summed E-state index contributed by atoms with van der Waals surface area (Å²) < 4.78 is 6.02. The highest BCUT2D eigenvalue weighted by Crippen LogP contribution is 2.21. The van der Waals surface area contributed by atoms with Crippen molar-refractivity contribution in [2.75, 3.05) is 6.61 Å². The number of hydrogen-bond acceptors (Lipinski definition) is 2. The first-order chi connectivity index (χ1) is 7.17. The average Bonchev–Trinajstić information content (AvgIpc) is 2.27. The van der Waals surface area contributed by atoms with E-state index in [2.05, 4.69) is 15.9 Å². The van der Waals surface area contributed by atoms with E-state index in [0.29, 0.717) is 16.3 Å². The molecule has 0 spiro atoms. The van der Waals surface area contributed by atoms with Gasteiger partial charge in [0.15, 0.2) is 6.29 Å². The number of halogens is 3. The van der Waals surface area contributed by atoms with E-state index in [1.165, 1.54) is 5.54 Å². The molecule has 0 unspecified atom stereocenters. The van der Waals surface area contributed by atoms with Crippen LogP contribution in [0.4, 0.5) is 0 Å². The number of aldehydes is 1. The Balaban J connectivity index is 2.74. The van der Waals surface area contributed by atoms with Crippen molar-refractivity contribution in [2.24, 2.45) is 0 Å². The zero-order valence-electron chi connectivity index (χ0n) is 7.54. The summed E-state index contributed by atoms with van der Waals surface area (Å²) in [4.78, 5) is 10.6. The molecule has 15 heavy (non-hydrogen) atoms. The summed E-state index contributed by atoms with van der Waals surface area (Å²) in [5, 5.41) is 0.396. The molecule has 80 valence electrons. The lowest BCUT2D eigenvalue weighted by molar-refractivity contribution is 0.112. The highest BCUT2D eigenvalue weighted by atomic mass is 79.9. The fourth-order valence-corrected chi connectivity index (χ4v) is 1.34. The van der Waals surface area contributed by atoms with Gasteiger partial charge in [-0.3, -0.25) is 4.79 Å². The van der Waals surface area contributed by atoms with Crippen molar-refractivity contribution in [3.63, 3.8) is 0 Å². The van der Waals surface area contributed by atoms with Crippen LogP contribution in [0.1, 0.15) is 10.4 Å². The Kier molecular flexibility index (Phi) is 5.15. The van der Waals surface area contributed by atoms with Crippen molar-refractivity contribution in [3.05, 3.63) is 38.8 Å². The summed E-state index contributed by atoms with van der Waals surface area (Å²) >= 11 is 14.2. The minimum Gasteiger partial charge on any atom is -0.488 e. The topological polar surface area (TPSA) is 26.3 Å². The number of hydrogen-bond donors (Lipinski definition) is 0. The molecule has 5 heteroatoms. The molecular weight excluding hydrogens is 303 g/mol. The van der Waals surface area contributed by atoms with Gasteiger partial charge < -0.3 is 4.74 Å². The summed E-state index contributed by atoms with van der Waals surface area (Å²) in [6.07, 6.45) is 0.746. The van der Waals surface area contributed by atoms with Crippen molar-refractivity contribution in [3.8, 4) is 5.75 Å². The van der Waals surface area contributed by atoms with Crippen molar-refractivity contribution in [2.45, 2.75) is 0 Å². The maximum Gasteiger partial charge on any atom is 0.151 e. The molecular formula is C10H7BrCl2O2. The van der Waals surface area contributed by atoms with E-state index in [9.17, 15) is 4.79 Å². The molecule has 0 heterocycles.